The van der Waals surface area contributed by atoms with Gasteiger partial charge in [-0.25, -0.2) is 4.79 Å². The van der Waals surface area contributed by atoms with Crippen LogP contribution in [0.1, 0.15) is 30.1 Å². The third-order valence-electron chi connectivity index (χ3n) is 5.06. The van der Waals surface area contributed by atoms with Crippen LogP contribution in [0.5, 0.6) is 5.75 Å². The Hall–Kier alpha value is -3.08. The molecule has 1 aromatic carbocycles. The Morgan fingerprint density at radius 2 is 1.91 bits per heavy atom. The Bertz CT molecular complexity index is 851. The fourth-order valence-electron chi connectivity index (χ4n) is 3.29. The molecule has 32 heavy (non-hydrogen) atoms. The predicted molar refractivity (Wildman–Crippen MR) is 109 cm³/mol. The van der Waals surface area contributed by atoms with Crippen molar-refractivity contribution in [3.8, 4) is 5.75 Å². The van der Waals surface area contributed by atoms with Crippen molar-refractivity contribution in [3.05, 3.63) is 42.0 Å². The SMILES string of the molecule is C[C@H]1CNC(=O)C2(C/C=C\COc3ccccc3C(=O)N1)CCNC2.O=C(O)C(F)(F)F. The van der Waals surface area contributed by atoms with Crippen LogP contribution in [0.3, 0.4) is 0 Å². The van der Waals surface area contributed by atoms with Crippen molar-refractivity contribution in [2.75, 3.05) is 26.2 Å². The highest BCUT2D eigenvalue weighted by molar-refractivity contribution is 5.97. The molecule has 1 fully saturated rings. The first-order valence-electron chi connectivity index (χ1n) is 10.0. The smallest absolute Gasteiger partial charge is 0.489 e. The van der Waals surface area contributed by atoms with E-state index in [9.17, 15) is 22.8 Å². The number of alkyl halides is 3. The summed E-state index contributed by atoms with van der Waals surface area (Å²) in [4.78, 5) is 34.1. The molecule has 0 bridgehead atoms. The summed E-state index contributed by atoms with van der Waals surface area (Å²) in [7, 11) is 0. The molecule has 0 saturated carbocycles. The van der Waals surface area contributed by atoms with Crippen molar-refractivity contribution >= 4 is 17.8 Å². The number of carbonyl (C=O) groups excluding carboxylic acids is 2. The lowest BCUT2D eigenvalue weighted by atomic mass is 9.82. The number of hydrogen-bond donors (Lipinski definition) is 4. The molecule has 2 heterocycles. The van der Waals surface area contributed by atoms with Gasteiger partial charge in [0.25, 0.3) is 5.91 Å². The highest BCUT2D eigenvalue weighted by atomic mass is 19.4. The van der Waals surface area contributed by atoms with Gasteiger partial charge in [-0.1, -0.05) is 24.3 Å². The van der Waals surface area contributed by atoms with Crippen LogP contribution in [0.2, 0.25) is 0 Å². The number of halogens is 3. The number of hydrogen-bond acceptors (Lipinski definition) is 5. The van der Waals surface area contributed by atoms with Crippen LogP contribution < -0.4 is 20.7 Å². The van der Waals surface area contributed by atoms with E-state index in [1.807, 2.05) is 31.2 Å². The zero-order valence-corrected chi connectivity index (χ0v) is 17.5. The van der Waals surface area contributed by atoms with E-state index in [2.05, 4.69) is 16.0 Å². The van der Waals surface area contributed by atoms with Crippen molar-refractivity contribution < 1.29 is 37.4 Å². The molecule has 2 aliphatic rings. The number of rotatable bonds is 0. The van der Waals surface area contributed by atoms with Crippen LogP contribution in [0.25, 0.3) is 0 Å². The quantitative estimate of drug-likeness (QED) is 0.442. The van der Waals surface area contributed by atoms with E-state index in [1.165, 1.54) is 0 Å². The molecular formula is C21H26F3N3O5. The van der Waals surface area contributed by atoms with Crippen LogP contribution in [0.15, 0.2) is 36.4 Å². The lowest BCUT2D eigenvalue weighted by Gasteiger charge is -2.27. The topological polar surface area (TPSA) is 117 Å². The summed E-state index contributed by atoms with van der Waals surface area (Å²) in [6.45, 7) is 4.17. The molecule has 0 aromatic heterocycles. The zero-order valence-electron chi connectivity index (χ0n) is 17.5. The number of amides is 2. The lowest BCUT2D eigenvalue weighted by Crippen LogP contribution is -2.48. The minimum Gasteiger partial charge on any atom is -0.489 e. The Kier molecular flexibility index (Phi) is 8.64. The van der Waals surface area contributed by atoms with Crippen molar-refractivity contribution in [1.29, 1.82) is 0 Å². The average molecular weight is 457 g/mol. The maximum Gasteiger partial charge on any atom is 0.490 e. The van der Waals surface area contributed by atoms with E-state index in [-0.39, 0.29) is 17.9 Å². The predicted octanol–water partition coefficient (Wildman–Crippen LogP) is 1.87. The second-order valence-electron chi connectivity index (χ2n) is 7.58. The van der Waals surface area contributed by atoms with Gasteiger partial charge in [0.05, 0.1) is 11.0 Å². The molecule has 8 nitrogen and oxygen atoms in total. The Labute approximate surface area is 183 Å². The van der Waals surface area contributed by atoms with Gasteiger partial charge in [0, 0.05) is 19.1 Å². The first kappa shape index (κ1) is 25.2. The monoisotopic (exact) mass is 457 g/mol. The molecule has 1 unspecified atom stereocenters. The number of aliphatic carboxylic acids is 1. The van der Waals surface area contributed by atoms with Crippen molar-refractivity contribution in [3.63, 3.8) is 0 Å². The Morgan fingerprint density at radius 1 is 1.22 bits per heavy atom. The van der Waals surface area contributed by atoms with E-state index in [0.717, 1.165) is 13.0 Å². The minimum absolute atomic E-state index is 0.0432. The highest BCUT2D eigenvalue weighted by Crippen LogP contribution is 2.30. The Balaban J connectivity index is 0.000000451. The number of ether oxygens (including phenoxy) is 1. The van der Waals surface area contributed by atoms with Crippen LogP contribution in [-0.2, 0) is 9.59 Å². The second-order valence-corrected chi connectivity index (χ2v) is 7.58. The fraction of sp³-hybridized carbons (Fsp3) is 0.476. The summed E-state index contributed by atoms with van der Waals surface area (Å²) >= 11 is 0. The number of nitrogens with one attached hydrogen (secondary N) is 3. The molecule has 1 saturated heterocycles. The standard InChI is InChI=1S/C19H25N3O3.C2HF3O2/c1-14-12-21-18(24)19(9-10-20-13-19)8-4-5-11-25-16-7-3-2-6-15(16)17(23)22-14;3-2(4,5)1(6)7/h2-7,14,20H,8-13H2,1H3,(H,21,24)(H,22,23);(H,6,7)/b5-4-;/t14-,19?;/m0./s1. The molecule has 4 N–H and O–H groups in total. The molecule has 176 valence electrons. The fourth-order valence-corrected chi connectivity index (χ4v) is 3.29. The molecule has 2 aliphatic heterocycles. The molecule has 2 amide bonds. The van der Waals surface area contributed by atoms with E-state index < -0.39 is 17.6 Å². The third-order valence-corrected chi connectivity index (χ3v) is 5.06. The Morgan fingerprint density at radius 3 is 2.53 bits per heavy atom. The molecule has 0 aliphatic carbocycles. The summed E-state index contributed by atoms with van der Waals surface area (Å²) in [5.74, 6) is -2.35. The van der Waals surface area contributed by atoms with Crippen molar-refractivity contribution in [2.24, 2.45) is 5.41 Å². The first-order chi connectivity index (χ1) is 15.0. The van der Waals surface area contributed by atoms with E-state index in [1.54, 1.807) is 12.1 Å². The molecule has 11 heteroatoms. The van der Waals surface area contributed by atoms with Crippen LogP contribution in [-0.4, -0.2) is 61.3 Å². The number of fused-ring (bicyclic) bond motifs is 1. The molecule has 2 atom stereocenters. The van der Waals surface area contributed by atoms with E-state index in [4.69, 9.17) is 14.6 Å². The lowest BCUT2D eigenvalue weighted by molar-refractivity contribution is -0.192. The van der Waals surface area contributed by atoms with Crippen LogP contribution >= 0.6 is 0 Å². The number of carboxylic acid groups (broad SMARTS) is 1. The number of carboxylic acids is 1. The maximum absolute atomic E-state index is 12.7. The van der Waals surface area contributed by atoms with Crippen molar-refractivity contribution in [1.82, 2.24) is 16.0 Å². The number of carbonyl (C=O) groups is 3. The molecule has 1 aromatic rings. The summed E-state index contributed by atoms with van der Waals surface area (Å²) in [6.07, 6.45) is 0.325. The summed E-state index contributed by atoms with van der Waals surface area (Å²) in [5, 5.41) is 16.3. The maximum atomic E-state index is 12.7. The molecule has 0 radical (unpaired) electrons. The number of para-hydroxylation sites is 1. The zero-order chi connectivity index (χ0) is 23.8. The van der Waals surface area contributed by atoms with Gasteiger partial charge in [0.2, 0.25) is 5.91 Å². The third kappa shape index (κ3) is 6.98. The minimum atomic E-state index is -5.08. The summed E-state index contributed by atoms with van der Waals surface area (Å²) in [5.41, 5.74) is 0.0880. The van der Waals surface area contributed by atoms with Crippen LogP contribution in [0.4, 0.5) is 13.2 Å². The van der Waals surface area contributed by atoms with Gasteiger partial charge in [0.1, 0.15) is 12.4 Å². The van der Waals surface area contributed by atoms with Gasteiger partial charge in [-0.3, -0.25) is 9.59 Å². The number of benzene rings is 1. The van der Waals surface area contributed by atoms with Crippen molar-refractivity contribution in [2.45, 2.75) is 32.0 Å². The van der Waals surface area contributed by atoms with E-state index >= 15 is 0 Å². The average Bonchev–Trinajstić information content (AvgIpc) is 3.21. The largest absolute Gasteiger partial charge is 0.490 e. The molecule has 1 spiro atoms. The number of allylic oxidation sites excluding steroid dienone is 1. The highest BCUT2D eigenvalue weighted by Gasteiger charge is 2.40. The van der Waals surface area contributed by atoms with Gasteiger partial charge in [-0.2, -0.15) is 13.2 Å². The van der Waals surface area contributed by atoms with Gasteiger partial charge in [-0.05, 0) is 38.4 Å². The van der Waals surface area contributed by atoms with Gasteiger partial charge in [-0.15, -0.1) is 0 Å². The van der Waals surface area contributed by atoms with Crippen LogP contribution in [0, 0.1) is 5.41 Å². The normalized spacial score (nSPS) is 25.2. The summed E-state index contributed by atoms with van der Waals surface area (Å²) < 4.78 is 37.5. The van der Waals surface area contributed by atoms with E-state index in [0.29, 0.717) is 37.4 Å². The summed E-state index contributed by atoms with van der Waals surface area (Å²) in [6, 6.07) is 7.02. The second kappa shape index (κ2) is 11.0. The molecule has 3 rings (SSSR count). The molecular weight excluding hydrogens is 431 g/mol. The van der Waals surface area contributed by atoms with Gasteiger partial charge < -0.3 is 25.8 Å². The first-order valence-corrected chi connectivity index (χ1v) is 10.0. The van der Waals surface area contributed by atoms with Gasteiger partial charge >= 0.3 is 12.1 Å². The van der Waals surface area contributed by atoms with Gasteiger partial charge in [0.15, 0.2) is 0 Å².